The first-order valence-electron chi connectivity index (χ1n) is 7.45. The Morgan fingerprint density at radius 2 is 1.83 bits per heavy atom. The maximum atomic E-state index is 9.68. The average molecular weight is 306 g/mol. The van der Waals surface area contributed by atoms with Crippen molar-refractivity contribution >= 4 is 5.82 Å². The molecule has 5 heteroatoms. The van der Waals surface area contributed by atoms with Crippen molar-refractivity contribution in [2.75, 3.05) is 11.9 Å². The average Bonchev–Trinajstić information content (AvgIpc) is 2.61. The van der Waals surface area contributed by atoms with Crippen LogP contribution < -0.4 is 5.32 Å². The molecule has 2 aromatic heterocycles. The number of hydrogen-bond acceptors (Lipinski definition) is 5. The van der Waals surface area contributed by atoms with Gasteiger partial charge in [-0.15, -0.1) is 0 Å². The van der Waals surface area contributed by atoms with E-state index in [4.69, 9.17) is 0 Å². The zero-order valence-corrected chi connectivity index (χ0v) is 12.8. The van der Waals surface area contributed by atoms with E-state index in [1.54, 1.807) is 6.20 Å². The molecular formula is C18H18N4O. The van der Waals surface area contributed by atoms with Crippen LogP contribution in [0.1, 0.15) is 17.3 Å². The molecule has 0 aliphatic carbocycles. The number of hydrogen-bond donors (Lipinski definition) is 2. The van der Waals surface area contributed by atoms with Crippen molar-refractivity contribution in [3.05, 3.63) is 72.1 Å². The number of anilines is 1. The molecule has 0 amide bonds. The minimum atomic E-state index is -0.220. The van der Waals surface area contributed by atoms with E-state index >= 15 is 0 Å². The third-order valence-corrected chi connectivity index (χ3v) is 3.45. The van der Waals surface area contributed by atoms with Crippen LogP contribution >= 0.6 is 0 Å². The Morgan fingerprint density at radius 3 is 2.52 bits per heavy atom. The van der Waals surface area contributed by atoms with Gasteiger partial charge < -0.3 is 10.4 Å². The number of aromatic nitrogens is 3. The highest BCUT2D eigenvalue weighted by molar-refractivity contribution is 5.53. The number of nitrogens with one attached hydrogen (secondary N) is 1. The van der Waals surface area contributed by atoms with Crippen molar-refractivity contribution in [2.45, 2.75) is 13.0 Å². The summed E-state index contributed by atoms with van der Waals surface area (Å²) in [6.45, 7) is 1.89. The predicted molar refractivity (Wildman–Crippen MR) is 89.9 cm³/mol. The molecule has 1 aromatic carbocycles. The normalized spacial score (nSPS) is 11.9. The van der Waals surface area contributed by atoms with Crippen molar-refractivity contribution in [1.29, 1.82) is 0 Å². The summed E-state index contributed by atoms with van der Waals surface area (Å²) < 4.78 is 0. The van der Waals surface area contributed by atoms with Crippen LogP contribution in [-0.2, 0) is 0 Å². The summed E-state index contributed by atoms with van der Waals surface area (Å²) in [6, 6.07) is 17.1. The molecule has 0 aliphatic heterocycles. The molecule has 0 aliphatic rings. The van der Waals surface area contributed by atoms with E-state index in [1.807, 2.05) is 61.5 Å². The smallest absolute Gasteiger partial charge is 0.180 e. The number of aliphatic hydroxyl groups is 1. The summed E-state index contributed by atoms with van der Waals surface area (Å²) in [5, 5.41) is 12.9. The monoisotopic (exact) mass is 306 g/mol. The van der Waals surface area contributed by atoms with Crippen LogP contribution in [0.15, 0.2) is 60.8 Å². The van der Waals surface area contributed by atoms with Gasteiger partial charge in [0.2, 0.25) is 0 Å². The molecule has 0 saturated carbocycles. The van der Waals surface area contributed by atoms with Crippen molar-refractivity contribution in [3.63, 3.8) is 0 Å². The molecule has 1 unspecified atom stereocenters. The first-order chi connectivity index (χ1) is 11.3. The second kappa shape index (κ2) is 6.98. The van der Waals surface area contributed by atoms with Crippen molar-refractivity contribution in [2.24, 2.45) is 0 Å². The second-order valence-electron chi connectivity index (χ2n) is 5.22. The Balaban J connectivity index is 1.89. The highest BCUT2D eigenvalue weighted by Gasteiger charge is 2.12. The summed E-state index contributed by atoms with van der Waals surface area (Å²) in [5.41, 5.74) is 2.57. The minimum absolute atomic E-state index is 0.0218. The lowest BCUT2D eigenvalue weighted by atomic mass is 10.1. The summed E-state index contributed by atoms with van der Waals surface area (Å²) in [7, 11) is 0. The lowest BCUT2D eigenvalue weighted by molar-refractivity contribution is 0.276. The largest absolute Gasteiger partial charge is 0.394 e. The Morgan fingerprint density at radius 1 is 1.04 bits per heavy atom. The van der Waals surface area contributed by atoms with E-state index in [0.29, 0.717) is 11.6 Å². The van der Waals surface area contributed by atoms with Crippen LogP contribution in [-0.4, -0.2) is 26.7 Å². The van der Waals surface area contributed by atoms with E-state index in [1.165, 1.54) is 0 Å². The SMILES string of the molecule is Cc1cc(NC(CO)c2ccccc2)nc(-c2ccccn2)n1. The maximum absolute atomic E-state index is 9.68. The Kier molecular flexibility index (Phi) is 4.59. The van der Waals surface area contributed by atoms with Crippen LogP contribution in [0.25, 0.3) is 11.5 Å². The fraction of sp³-hybridized carbons (Fsp3) is 0.167. The summed E-state index contributed by atoms with van der Waals surface area (Å²) >= 11 is 0. The quantitative estimate of drug-likeness (QED) is 0.758. The van der Waals surface area contributed by atoms with Gasteiger partial charge in [-0.05, 0) is 24.6 Å². The molecule has 0 saturated heterocycles. The summed E-state index contributed by atoms with van der Waals surface area (Å²) in [5.74, 6) is 1.24. The van der Waals surface area contributed by atoms with E-state index in [2.05, 4.69) is 20.3 Å². The van der Waals surface area contributed by atoms with Gasteiger partial charge in [-0.2, -0.15) is 0 Å². The molecule has 3 rings (SSSR count). The zero-order chi connectivity index (χ0) is 16.1. The van der Waals surface area contributed by atoms with E-state index in [9.17, 15) is 5.11 Å². The molecule has 3 aromatic rings. The maximum Gasteiger partial charge on any atom is 0.180 e. The van der Waals surface area contributed by atoms with Gasteiger partial charge >= 0.3 is 0 Å². The number of nitrogens with zero attached hydrogens (tertiary/aromatic N) is 3. The predicted octanol–water partition coefficient (Wildman–Crippen LogP) is 2.99. The number of aryl methyl sites for hydroxylation is 1. The van der Waals surface area contributed by atoms with Crippen molar-refractivity contribution in [3.8, 4) is 11.5 Å². The van der Waals surface area contributed by atoms with Crippen LogP contribution in [0.4, 0.5) is 5.82 Å². The van der Waals surface area contributed by atoms with Gasteiger partial charge in [-0.25, -0.2) is 9.97 Å². The molecule has 0 fully saturated rings. The van der Waals surface area contributed by atoms with E-state index in [0.717, 1.165) is 17.0 Å². The third kappa shape index (κ3) is 3.70. The Labute approximate surface area is 135 Å². The highest BCUT2D eigenvalue weighted by atomic mass is 16.3. The number of rotatable bonds is 5. The second-order valence-corrected chi connectivity index (χ2v) is 5.22. The first-order valence-corrected chi connectivity index (χ1v) is 7.45. The van der Waals surface area contributed by atoms with Gasteiger partial charge in [-0.1, -0.05) is 36.4 Å². The standard InChI is InChI=1S/C18H18N4O/c1-13-11-17(21-16(12-23)14-7-3-2-4-8-14)22-18(20-13)15-9-5-6-10-19-15/h2-11,16,23H,12H2,1H3,(H,20,21,22). The molecule has 0 radical (unpaired) electrons. The van der Waals surface area contributed by atoms with Crippen molar-refractivity contribution in [1.82, 2.24) is 15.0 Å². The molecule has 0 spiro atoms. The van der Waals surface area contributed by atoms with Crippen LogP contribution in [0.3, 0.4) is 0 Å². The molecule has 116 valence electrons. The molecule has 2 heterocycles. The topological polar surface area (TPSA) is 70.9 Å². The number of aliphatic hydroxyl groups excluding tert-OH is 1. The summed E-state index contributed by atoms with van der Waals surface area (Å²) in [6.07, 6.45) is 1.72. The number of benzene rings is 1. The number of pyridine rings is 1. The van der Waals surface area contributed by atoms with Gasteiger partial charge in [0.25, 0.3) is 0 Å². The molecule has 5 nitrogen and oxygen atoms in total. The van der Waals surface area contributed by atoms with Gasteiger partial charge in [0.05, 0.1) is 12.6 Å². The van der Waals surface area contributed by atoms with E-state index < -0.39 is 0 Å². The van der Waals surface area contributed by atoms with Gasteiger partial charge in [0.15, 0.2) is 5.82 Å². The lowest BCUT2D eigenvalue weighted by Gasteiger charge is -2.18. The molecular weight excluding hydrogens is 288 g/mol. The summed E-state index contributed by atoms with van der Waals surface area (Å²) in [4.78, 5) is 13.2. The van der Waals surface area contributed by atoms with E-state index in [-0.39, 0.29) is 12.6 Å². The molecule has 23 heavy (non-hydrogen) atoms. The fourth-order valence-corrected chi connectivity index (χ4v) is 2.35. The van der Waals surface area contributed by atoms with Crippen LogP contribution in [0.2, 0.25) is 0 Å². The van der Waals surface area contributed by atoms with Crippen LogP contribution in [0, 0.1) is 6.92 Å². The Hall–Kier alpha value is -2.79. The third-order valence-electron chi connectivity index (χ3n) is 3.45. The van der Waals surface area contributed by atoms with Crippen LogP contribution in [0.5, 0.6) is 0 Å². The van der Waals surface area contributed by atoms with Gasteiger partial charge in [0, 0.05) is 18.0 Å². The lowest BCUT2D eigenvalue weighted by Crippen LogP contribution is -2.16. The first kappa shape index (κ1) is 15.1. The van der Waals surface area contributed by atoms with Crippen molar-refractivity contribution < 1.29 is 5.11 Å². The zero-order valence-electron chi connectivity index (χ0n) is 12.8. The Bertz CT molecular complexity index is 762. The molecule has 1 atom stereocenters. The minimum Gasteiger partial charge on any atom is -0.394 e. The fourth-order valence-electron chi connectivity index (χ4n) is 2.35. The van der Waals surface area contributed by atoms with Gasteiger partial charge in [-0.3, -0.25) is 4.98 Å². The molecule has 2 N–H and O–H groups in total. The highest BCUT2D eigenvalue weighted by Crippen LogP contribution is 2.20. The van der Waals surface area contributed by atoms with Gasteiger partial charge in [0.1, 0.15) is 11.5 Å². The molecule has 0 bridgehead atoms.